The van der Waals surface area contributed by atoms with Crippen LogP contribution in [0.15, 0.2) is 54.7 Å². The molecule has 3 saturated heterocycles. The van der Waals surface area contributed by atoms with Crippen molar-refractivity contribution in [1.29, 1.82) is 0 Å². The van der Waals surface area contributed by atoms with Gasteiger partial charge in [0.15, 0.2) is 41.6 Å². The molecular formula is C42H54FN19O15P2S2. The number of imidazole rings is 2. The van der Waals surface area contributed by atoms with Gasteiger partial charge in [0.1, 0.15) is 86.2 Å². The van der Waals surface area contributed by atoms with Crippen molar-refractivity contribution in [2.75, 3.05) is 49.8 Å². The van der Waals surface area contributed by atoms with Gasteiger partial charge in [-0.1, -0.05) is 43.3 Å². The molecule has 4 aromatic heterocycles. The maximum absolute atomic E-state index is 16.4. The molecule has 3 aliphatic heterocycles. The number of carbonyl (C=O) groups is 5. The molecule has 5 aromatic rings. The number of nitrogen functional groups attached to an aromatic ring is 2. The first kappa shape index (κ1) is 60.1. The maximum Gasteiger partial charge on any atom is 0.409 e. The number of amides is 6. The number of ether oxygens (including phenoxy) is 4. The number of nitrogens with one attached hydrogen (secondary N) is 5. The van der Waals surface area contributed by atoms with Gasteiger partial charge in [-0.3, -0.25) is 42.4 Å². The molecule has 1 aromatic carbocycles. The fourth-order valence-corrected chi connectivity index (χ4v) is 11.5. The number of thiol groups is 1. The molecule has 81 heavy (non-hydrogen) atoms. The number of alkyl carbamates (subject to hydrolysis) is 1. The molecule has 6 amide bonds. The molecule has 0 aliphatic carbocycles. The number of alkyl halides is 1. The Kier molecular flexibility index (Phi) is 19.5. The molecule has 39 heteroatoms. The number of benzene rings is 1. The molecule has 3 fully saturated rings. The number of hydrogen-bond donors (Lipinski definition) is 10. The monoisotopic (exact) mass is 1210 g/mol. The summed E-state index contributed by atoms with van der Waals surface area (Å²) < 4.78 is 80.1. The number of urea groups is 1. The van der Waals surface area contributed by atoms with Crippen molar-refractivity contribution in [3.63, 3.8) is 0 Å². The molecule has 0 bridgehead atoms. The summed E-state index contributed by atoms with van der Waals surface area (Å²) in [5.41, 5.74) is 27.1. The van der Waals surface area contributed by atoms with E-state index in [0.717, 1.165) is 6.33 Å². The Hall–Kier alpha value is -6.98. The van der Waals surface area contributed by atoms with Crippen molar-refractivity contribution in [1.82, 2.24) is 60.3 Å². The summed E-state index contributed by atoms with van der Waals surface area (Å²) in [6.07, 6.45) is -8.09. The van der Waals surface area contributed by atoms with Crippen molar-refractivity contribution in [2.24, 2.45) is 16.8 Å². The van der Waals surface area contributed by atoms with Crippen LogP contribution in [0.5, 0.6) is 0 Å². The van der Waals surface area contributed by atoms with Gasteiger partial charge in [0, 0.05) is 17.1 Å². The van der Waals surface area contributed by atoms with E-state index in [1.54, 1.807) is 26.0 Å². The van der Waals surface area contributed by atoms with Gasteiger partial charge in [-0.05, 0) is 53.8 Å². The van der Waals surface area contributed by atoms with Gasteiger partial charge in [-0.15, -0.1) is 0 Å². The van der Waals surface area contributed by atoms with Gasteiger partial charge in [0.2, 0.25) is 17.7 Å². The number of rotatable bonds is 19. The van der Waals surface area contributed by atoms with Crippen LogP contribution in [0.3, 0.4) is 0 Å². The molecule has 34 nitrogen and oxygen atoms in total. The second-order valence-electron chi connectivity index (χ2n) is 18.3. The van der Waals surface area contributed by atoms with E-state index >= 15 is 4.39 Å². The third-order valence-electron chi connectivity index (χ3n) is 12.4. The standard InChI is InChI=1S/C42H54FN19O15P2S2/c1-19(2)27(59-25(63)10-56-60-47)38(65)58-22(4-3-9-48-41(46)66)37(64)57-21-7-5-20(6-8-21)11-70-42(67)55-18-71-32-31-24(75-40(32)62-17-54-29-34(45)50-15-52-36(29)62)13-73-78(68,80)76-30-23(12-72-79(69,81)77-31)74-39(26(30)43)61-16-53-28-33(44)49-14-51-35(28)61/h5-8,14-17,19,22-24,26-27,30-32,39-40H,3-4,9-13,18H2,1-2H3,(H,55,67)(H,57,64)(H,58,65)(H,59,63)(H,68,80)(H,69,81)(H2,44,49,51)(H2,45,50,52)(H3,46,48,66)/t22-,23+,24+,26+,27-,30+,31+,32+,39+,40+,78?,79?/m0/s1. The summed E-state index contributed by atoms with van der Waals surface area (Å²) in [4.78, 5) is 102. The summed E-state index contributed by atoms with van der Waals surface area (Å²) in [7, 11) is 0. The van der Waals surface area contributed by atoms with Crippen molar-refractivity contribution < 1.29 is 74.9 Å². The number of azide groups is 1. The van der Waals surface area contributed by atoms with Gasteiger partial charge < -0.3 is 66.8 Å². The molecule has 436 valence electrons. The van der Waals surface area contributed by atoms with Crippen LogP contribution in [0.25, 0.3) is 32.8 Å². The van der Waals surface area contributed by atoms with E-state index in [1.165, 1.54) is 40.2 Å². The number of carbonyl (C=O) groups excluding carboxylic acids is 5. The first-order valence-electron chi connectivity index (χ1n) is 24.3. The molecule has 8 rings (SSSR count). The van der Waals surface area contributed by atoms with E-state index in [-0.39, 0.29) is 65.6 Å². The van der Waals surface area contributed by atoms with E-state index in [1.807, 2.05) is 0 Å². The van der Waals surface area contributed by atoms with Crippen molar-refractivity contribution >= 4 is 107 Å². The Morgan fingerprint density at radius 1 is 0.914 bits per heavy atom. The second kappa shape index (κ2) is 26.3. The summed E-state index contributed by atoms with van der Waals surface area (Å²) >= 11 is 9.60. The maximum atomic E-state index is 16.4. The minimum Gasteiger partial charge on any atom is -0.445 e. The molecule has 0 radical (unpaired) electrons. The van der Waals surface area contributed by atoms with Gasteiger partial charge >= 0.3 is 25.6 Å². The summed E-state index contributed by atoms with van der Waals surface area (Å²) in [5.74, 6) is -2.45. The van der Waals surface area contributed by atoms with Crippen LogP contribution in [0.2, 0.25) is 0 Å². The zero-order chi connectivity index (χ0) is 58.2. The zero-order valence-electron chi connectivity index (χ0n) is 42.6. The highest BCUT2D eigenvalue weighted by atomic mass is 32.7. The number of halogens is 1. The van der Waals surface area contributed by atoms with Crippen LogP contribution in [-0.4, -0.2) is 156 Å². The number of fused-ring (bicyclic) bond motifs is 4. The number of aromatic nitrogens is 8. The lowest BCUT2D eigenvalue weighted by molar-refractivity contribution is -0.131. The van der Waals surface area contributed by atoms with Crippen LogP contribution < -0.4 is 43.8 Å². The predicted octanol–water partition coefficient (Wildman–Crippen LogP) is 1.63. The Balaban J connectivity index is 0.918. The van der Waals surface area contributed by atoms with E-state index in [9.17, 15) is 33.4 Å². The summed E-state index contributed by atoms with van der Waals surface area (Å²) in [5, 5.41) is 15.9. The van der Waals surface area contributed by atoms with Gasteiger partial charge in [0.05, 0.1) is 25.9 Å². The normalized spacial score (nSPS) is 26.4. The molecule has 7 heterocycles. The van der Waals surface area contributed by atoms with Crippen LogP contribution in [-0.2, 0) is 74.4 Å². The van der Waals surface area contributed by atoms with Crippen LogP contribution in [0.1, 0.15) is 44.7 Å². The Morgan fingerprint density at radius 2 is 1.54 bits per heavy atom. The minimum absolute atomic E-state index is 0.0141. The smallest absolute Gasteiger partial charge is 0.409 e. The average Bonchev–Trinajstić information content (AvgIpc) is 3.71. The number of primary amides is 1. The number of nitrogens with two attached hydrogens (primary N) is 3. The molecule has 12 atom stereocenters. The molecule has 0 saturated carbocycles. The fourth-order valence-electron chi connectivity index (χ4n) is 8.57. The zero-order valence-corrected chi connectivity index (χ0v) is 46.1. The van der Waals surface area contributed by atoms with Crippen LogP contribution in [0, 0.1) is 5.92 Å². The van der Waals surface area contributed by atoms with Gasteiger partial charge in [0.25, 0.3) is 0 Å². The highest BCUT2D eigenvalue weighted by Gasteiger charge is 2.54. The van der Waals surface area contributed by atoms with Gasteiger partial charge in [-0.2, -0.15) is 0 Å². The SMILES string of the molecule is CC(C)[C@H](NC(=O)CN=[N+]=[N-])C(=O)N[C@@H](CCCNC(N)=O)C(=O)Nc1ccc(COC(=O)NCO[C@@H]2[C@@H]3OP(O)(=S)OC[C@H]4O[C@@H](n5cnc6c(N)ncnc65)[C@H](F)[C@@H]4OP(=O)(S)OC[C@H]3O[C@H]2n2cnc3c(N)ncnc32)cc1. The molecule has 12 N–H and O–H groups in total. The third-order valence-corrected chi connectivity index (χ3v) is 15.6. The topological polar surface area (TPSA) is 471 Å². The number of nitrogens with zero attached hydrogens (tertiary/aromatic N) is 11. The first-order chi connectivity index (χ1) is 38.6. The lowest BCUT2D eigenvalue weighted by Gasteiger charge is -2.30. The minimum atomic E-state index is -4.54. The van der Waals surface area contributed by atoms with Crippen molar-refractivity contribution in [2.45, 2.75) is 94.5 Å². The van der Waals surface area contributed by atoms with E-state index in [2.05, 4.69) is 78.8 Å². The molecule has 0 spiro atoms. The van der Waals surface area contributed by atoms with E-state index in [4.69, 9.17) is 71.6 Å². The Morgan fingerprint density at radius 3 is 2.19 bits per heavy atom. The quantitative estimate of drug-likeness (QED) is 0.0107. The highest BCUT2D eigenvalue weighted by molar-refractivity contribution is 8.44. The van der Waals surface area contributed by atoms with Crippen molar-refractivity contribution in [3.05, 3.63) is 65.6 Å². The van der Waals surface area contributed by atoms with E-state index in [0.29, 0.717) is 5.56 Å². The largest absolute Gasteiger partial charge is 0.445 e. The molecule has 2 unspecified atom stereocenters. The second-order valence-corrected chi connectivity index (χ2v) is 24.0. The summed E-state index contributed by atoms with van der Waals surface area (Å²) in [6, 6.07) is 3.08. The Bertz CT molecular complexity index is 3270. The predicted molar refractivity (Wildman–Crippen MR) is 285 cm³/mol. The van der Waals surface area contributed by atoms with E-state index < -0.39 is 137 Å². The average molecular weight is 1210 g/mol. The van der Waals surface area contributed by atoms with Crippen LogP contribution >= 0.6 is 25.8 Å². The number of anilines is 3. The van der Waals surface area contributed by atoms with Gasteiger partial charge in [-0.25, -0.2) is 48.4 Å². The highest BCUT2D eigenvalue weighted by Crippen LogP contribution is 2.59. The van der Waals surface area contributed by atoms with Crippen LogP contribution in [0.4, 0.5) is 31.3 Å². The third kappa shape index (κ3) is 14.9. The number of hydrogen-bond acceptors (Lipinski definition) is 24. The Labute approximate surface area is 467 Å². The molecule has 3 aliphatic rings. The molecular weight excluding hydrogens is 1160 g/mol. The van der Waals surface area contributed by atoms with Crippen molar-refractivity contribution in [3.8, 4) is 0 Å². The fraction of sp³-hybridized carbons (Fsp3) is 0.500. The first-order valence-corrected chi connectivity index (χ1v) is 29.6. The lowest BCUT2D eigenvalue weighted by atomic mass is 10.0. The lowest BCUT2D eigenvalue weighted by Crippen LogP contribution is -2.55. The summed E-state index contributed by atoms with van der Waals surface area (Å²) in [6.45, 7) is -8.34.